The molecule has 1 aromatic carbocycles. The monoisotopic (exact) mass is 254 g/mol. The molecule has 96 valence electrons. The molecule has 4 heteroatoms. The SMILES string of the molecule is O=C(Nc1ccc2c(c1)CCCO2)c1cccnc1. The molecule has 0 atom stereocenters. The Morgan fingerprint density at radius 1 is 1.32 bits per heavy atom. The minimum atomic E-state index is -0.148. The van der Waals surface area contributed by atoms with Gasteiger partial charge in [-0.25, -0.2) is 0 Å². The van der Waals surface area contributed by atoms with Crippen molar-refractivity contribution < 1.29 is 9.53 Å². The number of nitrogens with one attached hydrogen (secondary N) is 1. The van der Waals surface area contributed by atoms with Crippen LogP contribution in [0.3, 0.4) is 0 Å². The molecule has 0 saturated heterocycles. The number of hydrogen-bond acceptors (Lipinski definition) is 3. The molecule has 0 radical (unpaired) electrons. The normalized spacial score (nSPS) is 13.3. The van der Waals surface area contributed by atoms with Gasteiger partial charge in [0.05, 0.1) is 12.2 Å². The molecule has 1 aromatic heterocycles. The Balaban J connectivity index is 1.78. The highest BCUT2D eigenvalue weighted by atomic mass is 16.5. The summed E-state index contributed by atoms with van der Waals surface area (Å²) in [5.74, 6) is 0.774. The van der Waals surface area contributed by atoms with E-state index in [1.165, 1.54) is 0 Å². The molecular formula is C15H14N2O2. The van der Waals surface area contributed by atoms with Gasteiger partial charge in [-0.05, 0) is 48.7 Å². The van der Waals surface area contributed by atoms with E-state index in [1.54, 1.807) is 24.5 Å². The maximum atomic E-state index is 12.0. The number of carbonyl (C=O) groups excluding carboxylic acids is 1. The van der Waals surface area contributed by atoms with Gasteiger partial charge in [-0.3, -0.25) is 9.78 Å². The smallest absolute Gasteiger partial charge is 0.257 e. The third-order valence-corrected chi connectivity index (χ3v) is 3.09. The molecule has 4 nitrogen and oxygen atoms in total. The molecule has 2 aromatic rings. The summed E-state index contributed by atoms with van der Waals surface area (Å²) < 4.78 is 5.55. The van der Waals surface area contributed by atoms with E-state index >= 15 is 0 Å². The summed E-state index contributed by atoms with van der Waals surface area (Å²) in [5, 5.41) is 2.87. The van der Waals surface area contributed by atoms with Gasteiger partial charge in [-0.1, -0.05) is 0 Å². The molecule has 0 fully saturated rings. The van der Waals surface area contributed by atoms with Crippen molar-refractivity contribution >= 4 is 11.6 Å². The number of anilines is 1. The predicted molar refractivity (Wildman–Crippen MR) is 72.4 cm³/mol. The third-order valence-electron chi connectivity index (χ3n) is 3.09. The average molecular weight is 254 g/mol. The summed E-state index contributed by atoms with van der Waals surface area (Å²) in [6.45, 7) is 0.772. The molecule has 0 aliphatic carbocycles. The summed E-state index contributed by atoms with van der Waals surface area (Å²) in [7, 11) is 0. The zero-order valence-electron chi connectivity index (χ0n) is 10.4. The molecule has 19 heavy (non-hydrogen) atoms. The fourth-order valence-corrected chi connectivity index (χ4v) is 2.14. The Hall–Kier alpha value is -2.36. The average Bonchev–Trinajstić information content (AvgIpc) is 2.48. The van der Waals surface area contributed by atoms with Crippen LogP contribution in [-0.4, -0.2) is 17.5 Å². The van der Waals surface area contributed by atoms with E-state index in [9.17, 15) is 4.79 Å². The lowest BCUT2D eigenvalue weighted by molar-refractivity contribution is 0.102. The second-order valence-corrected chi connectivity index (χ2v) is 4.47. The van der Waals surface area contributed by atoms with E-state index in [2.05, 4.69) is 10.3 Å². The number of aromatic nitrogens is 1. The molecule has 3 rings (SSSR count). The summed E-state index contributed by atoms with van der Waals surface area (Å²) >= 11 is 0. The Kier molecular flexibility index (Phi) is 3.14. The topological polar surface area (TPSA) is 51.2 Å². The molecule has 2 heterocycles. The van der Waals surface area contributed by atoms with E-state index in [4.69, 9.17) is 4.74 Å². The van der Waals surface area contributed by atoms with Crippen molar-refractivity contribution in [2.75, 3.05) is 11.9 Å². The molecular weight excluding hydrogens is 240 g/mol. The number of benzene rings is 1. The summed E-state index contributed by atoms with van der Waals surface area (Å²) in [5.41, 5.74) is 2.49. The first-order valence-electron chi connectivity index (χ1n) is 6.30. The van der Waals surface area contributed by atoms with Crippen molar-refractivity contribution in [3.63, 3.8) is 0 Å². The lowest BCUT2D eigenvalue weighted by atomic mass is 10.1. The van der Waals surface area contributed by atoms with Crippen LogP contribution in [0.25, 0.3) is 0 Å². The number of nitrogens with zero attached hydrogens (tertiary/aromatic N) is 1. The van der Waals surface area contributed by atoms with Gasteiger partial charge in [0.1, 0.15) is 5.75 Å². The maximum absolute atomic E-state index is 12.0. The van der Waals surface area contributed by atoms with Gasteiger partial charge in [-0.2, -0.15) is 0 Å². The van der Waals surface area contributed by atoms with E-state index in [0.717, 1.165) is 36.4 Å². The summed E-state index contributed by atoms with van der Waals surface area (Å²) in [6.07, 6.45) is 5.21. The van der Waals surface area contributed by atoms with Gasteiger partial charge in [0.15, 0.2) is 0 Å². The number of carbonyl (C=O) groups is 1. The lowest BCUT2D eigenvalue weighted by Gasteiger charge is -2.18. The van der Waals surface area contributed by atoms with Gasteiger partial charge in [0, 0.05) is 18.1 Å². The minimum absolute atomic E-state index is 0.148. The van der Waals surface area contributed by atoms with Gasteiger partial charge < -0.3 is 10.1 Å². The van der Waals surface area contributed by atoms with Crippen LogP contribution in [0.2, 0.25) is 0 Å². The first kappa shape index (κ1) is 11.7. The number of amides is 1. The largest absolute Gasteiger partial charge is 0.493 e. The molecule has 0 unspecified atom stereocenters. The van der Waals surface area contributed by atoms with Crippen LogP contribution in [-0.2, 0) is 6.42 Å². The Labute approximate surface area is 111 Å². The molecule has 0 bridgehead atoms. The zero-order chi connectivity index (χ0) is 13.1. The summed E-state index contributed by atoms with van der Waals surface area (Å²) in [4.78, 5) is 15.9. The van der Waals surface area contributed by atoms with Gasteiger partial charge >= 0.3 is 0 Å². The van der Waals surface area contributed by atoms with Gasteiger partial charge in [-0.15, -0.1) is 0 Å². The van der Waals surface area contributed by atoms with Crippen LogP contribution in [0.5, 0.6) is 5.75 Å². The minimum Gasteiger partial charge on any atom is -0.493 e. The zero-order valence-corrected chi connectivity index (χ0v) is 10.4. The van der Waals surface area contributed by atoms with Crippen molar-refractivity contribution in [2.24, 2.45) is 0 Å². The van der Waals surface area contributed by atoms with Gasteiger partial charge in [0.2, 0.25) is 0 Å². The van der Waals surface area contributed by atoms with Gasteiger partial charge in [0.25, 0.3) is 5.91 Å². The lowest BCUT2D eigenvalue weighted by Crippen LogP contribution is -2.13. The molecule has 1 aliphatic heterocycles. The molecule has 0 saturated carbocycles. The number of ether oxygens (including phenoxy) is 1. The fourth-order valence-electron chi connectivity index (χ4n) is 2.14. The van der Waals surface area contributed by atoms with Crippen LogP contribution in [0.15, 0.2) is 42.7 Å². The molecule has 0 spiro atoms. The quantitative estimate of drug-likeness (QED) is 0.896. The highest BCUT2D eigenvalue weighted by Crippen LogP contribution is 2.27. The van der Waals surface area contributed by atoms with Crippen LogP contribution in [0, 0.1) is 0 Å². The van der Waals surface area contributed by atoms with Crippen molar-refractivity contribution in [3.8, 4) is 5.75 Å². The first-order valence-corrected chi connectivity index (χ1v) is 6.30. The number of aryl methyl sites for hydroxylation is 1. The third kappa shape index (κ3) is 2.57. The number of fused-ring (bicyclic) bond motifs is 1. The molecule has 1 aliphatic rings. The number of pyridine rings is 1. The highest BCUT2D eigenvalue weighted by Gasteiger charge is 2.12. The predicted octanol–water partition coefficient (Wildman–Crippen LogP) is 2.66. The Morgan fingerprint density at radius 3 is 3.11 bits per heavy atom. The van der Waals surface area contributed by atoms with Crippen molar-refractivity contribution in [1.29, 1.82) is 0 Å². The Bertz CT molecular complexity index is 596. The number of rotatable bonds is 2. The second kappa shape index (κ2) is 5.10. The molecule has 1 N–H and O–H groups in total. The first-order chi connectivity index (χ1) is 9.33. The van der Waals surface area contributed by atoms with Crippen molar-refractivity contribution in [1.82, 2.24) is 4.98 Å². The van der Waals surface area contributed by atoms with E-state index in [1.807, 2.05) is 18.2 Å². The van der Waals surface area contributed by atoms with E-state index in [0.29, 0.717) is 5.56 Å². The maximum Gasteiger partial charge on any atom is 0.257 e. The standard InChI is InChI=1S/C15H14N2O2/c18-15(12-3-1-7-16-10-12)17-13-5-6-14-11(9-13)4-2-8-19-14/h1,3,5-7,9-10H,2,4,8H2,(H,17,18). The summed E-state index contributed by atoms with van der Waals surface area (Å²) in [6, 6.07) is 9.23. The Morgan fingerprint density at radius 2 is 2.26 bits per heavy atom. The molecule has 1 amide bonds. The van der Waals surface area contributed by atoms with Crippen LogP contribution >= 0.6 is 0 Å². The van der Waals surface area contributed by atoms with E-state index < -0.39 is 0 Å². The van der Waals surface area contributed by atoms with Crippen LogP contribution in [0.1, 0.15) is 22.3 Å². The second-order valence-electron chi connectivity index (χ2n) is 4.47. The number of hydrogen-bond donors (Lipinski definition) is 1. The van der Waals surface area contributed by atoms with Crippen LogP contribution < -0.4 is 10.1 Å². The highest BCUT2D eigenvalue weighted by molar-refractivity contribution is 6.04. The van der Waals surface area contributed by atoms with Crippen molar-refractivity contribution in [3.05, 3.63) is 53.9 Å². The van der Waals surface area contributed by atoms with Crippen molar-refractivity contribution in [2.45, 2.75) is 12.8 Å². The fraction of sp³-hybridized carbons (Fsp3) is 0.200. The van der Waals surface area contributed by atoms with Crippen LogP contribution in [0.4, 0.5) is 5.69 Å². The van der Waals surface area contributed by atoms with E-state index in [-0.39, 0.29) is 5.91 Å².